The van der Waals surface area contributed by atoms with Gasteiger partial charge in [0.15, 0.2) is 0 Å². The van der Waals surface area contributed by atoms with Crippen molar-refractivity contribution in [1.82, 2.24) is 20.1 Å². The predicted molar refractivity (Wildman–Crippen MR) is 83.5 cm³/mol. The van der Waals surface area contributed by atoms with E-state index in [0.717, 1.165) is 26.6 Å². The Kier molecular flexibility index (Phi) is 3.47. The Morgan fingerprint density at radius 1 is 1.33 bits per heavy atom. The average molecular weight is 300 g/mol. The van der Waals surface area contributed by atoms with Gasteiger partial charge < -0.3 is 5.32 Å². The maximum absolute atomic E-state index is 12.3. The number of thiazole rings is 1. The first kappa shape index (κ1) is 13.8. The van der Waals surface area contributed by atoms with Gasteiger partial charge in [0, 0.05) is 12.7 Å². The number of carbonyl (C=O) groups excluding carboxylic acids is 1. The van der Waals surface area contributed by atoms with Crippen molar-refractivity contribution in [1.29, 1.82) is 0 Å². The van der Waals surface area contributed by atoms with Crippen LogP contribution in [0.1, 0.15) is 26.8 Å². The molecule has 6 heteroatoms. The lowest BCUT2D eigenvalue weighted by molar-refractivity contribution is 0.0949. The van der Waals surface area contributed by atoms with Gasteiger partial charge in [-0.25, -0.2) is 4.98 Å². The molecule has 0 bridgehead atoms. The van der Waals surface area contributed by atoms with Crippen molar-refractivity contribution in [2.75, 3.05) is 0 Å². The molecule has 1 aromatic carbocycles. The highest BCUT2D eigenvalue weighted by Crippen LogP contribution is 2.21. The van der Waals surface area contributed by atoms with Crippen LogP contribution < -0.4 is 5.32 Å². The molecule has 0 aliphatic heterocycles. The van der Waals surface area contributed by atoms with E-state index < -0.39 is 0 Å². The standard InChI is InChI=1S/C15H16N4OS/c1-9-14(10(2)19(3)18-9)15(20)16-8-13-17-11-6-4-5-7-12(11)21-13/h4-7H,8H2,1-3H3,(H,16,20). The number of para-hydroxylation sites is 1. The van der Waals surface area contributed by atoms with Gasteiger partial charge in [-0.3, -0.25) is 9.48 Å². The normalized spacial score (nSPS) is 11.0. The van der Waals surface area contributed by atoms with Crippen LogP contribution in [-0.4, -0.2) is 20.7 Å². The molecule has 0 unspecified atom stereocenters. The zero-order chi connectivity index (χ0) is 15.0. The van der Waals surface area contributed by atoms with Gasteiger partial charge in [0.05, 0.1) is 28.0 Å². The molecular formula is C15H16N4OS. The Hall–Kier alpha value is -2.21. The maximum atomic E-state index is 12.3. The third-order valence-electron chi connectivity index (χ3n) is 3.47. The van der Waals surface area contributed by atoms with Gasteiger partial charge in [-0.15, -0.1) is 11.3 Å². The molecule has 3 aromatic rings. The third-order valence-corrected chi connectivity index (χ3v) is 4.51. The summed E-state index contributed by atoms with van der Waals surface area (Å²) in [6.07, 6.45) is 0. The third kappa shape index (κ3) is 2.54. The van der Waals surface area contributed by atoms with Crippen LogP contribution in [0.3, 0.4) is 0 Å². The molecular weight excluding hydrogens is 284 g/mol. The van der Waals surface area contributed by atoms with E-state index in [2.05, 4.69) is 15.4 Å². The molecule has 108 valence electrons. The summed E-state index contributed by atoms with van der Waals surface area (Å²) < 4.78 is 2.86. The number of amides is 1. The molecule has 0 spiro atoms. The zero-order valence-electron chi connectivity index (χ0n) is 12.2. The number of nitrogens with zero attached hydrogens (tertiary/aromatic N) is 3. The first-order valence-corrected chi connectivity index (χ1v) is 7.50. The molecule has 21 heavy (non-hydrogen) atoms. The van der Waals surface area contributed by atoms with E-state index in [-0.39, 0.29) is 5.91 Å². The number of aryl methyl sites for hydroxylation is 2. The second-order valence-corrected chi connectivity index (χ2v) is 6.04. The van der Waals surface area contributed by atoms with Crippen LogP contribution in [0.15, 0.2) is 24.3 Å². The van der Waals surface area contributed by atoms with Crippen molar-refractivity contribution in [3.63, 3.8) is 0 Å². The SMILES string of the molecule is Cc1nn(C)c(C)c1C(=O)NCc1nc2ccccc2s1. The van der Waals surface area contributed by atoms with Crippen LogP contribution in [0, 0.1) is 13.8 Å². The predicted octanol–water partition coefficient (Wildman–Crippen LogP) is 2.58. The number of carbonyl (C=O) groups is 1. The summed E-state index contributed by atoms with van der Waals surface area (Å²) in [6.45, 7) is 4.18. The van der Waals surface area contributed by atoms with Crippen molar-refractivity contribution < 1.29 is 4.79 Å². The Labute approximate surface area is 126 Å². The minimum Gasteiger partial charge on any atom is -0.345 e. The molecule has 2 heterocycles. The number of hydrogen-bond donors (Lipinski definition) is 1. The minimum atomic E-state index is -0.0997. The molecule has 0 saturated heterocycles. The molecule has 1 N–H and O–H groups in total. The molecule has 0 radical (unpaired) electrons. The van der Waals surface area contributed by atoms with Crippen molar-refractivity contribution in [3.05, 3.63) is 46.2 Å². The summed E-state index contributed by atoms with van der Waals surface area (Å²) in [6, 6.07) is 7.97. The zero-order valence-corrected chi connectivity index (χ0v) is 13.0. The Bertz CT molecular complexity index is 785. The van der Waals surface area contributed by atoms with Crippen molar-refractivity contribution in [3.8, 4) is 0 Å². The van der Waals surface area contributed by atoms with E-state index in [1.54, 1.807) is 16.0 Å². The van der Waals surface area contributed by atoms with E-state index >= 15 is 0 Å². The van der Waals surface area contributed by atoms with Crippen LogP contribution >= 0.6 is 11.3 Å². The molecule has 1 amide bonds. The highest BCUT2D eigenvalue weighted by molar-refractivity contribution is 7.18. The summed E-state index contributed by atoms with van der Waals surface area (Å²) in [5.41, 5.74) is 3.24. The molecule has 0 atom stereocenters. The summed E-state index contributed by atoms with van der Waals surface area (Å²) in [5.74, 6) is -0.0997. The molecule has 5 nitrogen and oxygen atoms in total. The largest absolute Gasteiger partial charge is 0.345 e. The van der Waals surface area contributed by atoms with Crippen molar-refractivity contribution in [2.45, 2.75) is 20.4 Å². The lowest BCUT2D eigenvalue weighted by Gasteiger charge is -2.03. The summed E-state index contributed by atoms with van der Waals surface area (Å²) in [5, 5.41) is 8.10. The van der Waals surface area contributed by atoms with Gasteiger partial charge in [-0.2, -0.15) is 5.10 Å². The van der Waals surface area contributed by atoms with Gasteiger partial charge >= 0.3 is 0 Å². The maximum Gasteiger partial charge on any atom is 0.255 e. The van der Waals surface area contributed by atoms with E-state index in [4.69, 9.17) is 0 Å². The first-order valence-electron chi connectivity index (χ1n) is 6.69. The van der Waals surface area contributed by atoms with Crippen molar-refractivity contribution in [2.24, 2.45) is 7.05 Å². The van der Waals surface area contributed by atoms with Crippen LogP contribution in [0.5, 0.6) is 0 Å². The summed E-state index contributed by atoms with van der Waals surface area (Å²) in [4.78, 5) is 16.8. The van der Waals surface area contributed by atoms with Gasteiger partial charge in [0.2, 0.25) is 0 Å². The molecule has 3 rings (SSSR count). The van der Waals surface area contributed by atoms with Crippen LogP contribution in [0.25, 0.3) is 10.2 Å². The Morgan fingerprint density at radius 3 is 2.76 bits per heavy atom. The molecule has 0 aliphatic rings. The molecule has 0 aliphatic carbocycles. The molecule has 0 fully saturated rings. The average Bonchev–Trinajstić information content (AvgIpc) is 2.97. The lowest BCUT2D eigenvalue weighted by atomic mass is 10.2. The number of hydrogen-bond acceptors (Lipinski definition) is 4. The van der Waals surface area contributed by atoms with E-state index in [9.17, 15) is 4.79 Å². The van der Waals surface area contributed by atoms with E-state index in [1.165, 1.54) is 0 Å². The second-order valence-electron chi connectivity index (χ2n) is 4.93. The molecule has 0 saturated carbocycles. The monoisotopic (exact) mass is 300 g/mol. The number of rotatable bonds is 3. The Morgan fingerprint density at radius 2 is 2.10 bits per heavy atom. The topological polar surface area (TPSA) is 59.8 Å². The fourth-order valence-corrected chi connectivity index (χ4v) is 3.25. The number of fused-ring (bicyclic) bond motifs is 1. The smallest absolute Gasteiger partial charge is 0.255 e. The number of aromatic nitrogens is 3. The van der Waals surface area contributed by atoms with Gasteiger partial charge in [-0.1, -0.05) is 12.1 Å². The lowest BCUT2D eigenvalue weighted by Crippen LogP contribution is -2.23. The summed E-state index contributed by atoms with van der Waals surface area (Å²) in [7, 11) is 1.84. The van der Waals surface area contributed by atoms with E-state index in [1.807, 2.05) is 45.2 Å². The van der Waals surface area contributed by atoms with Crippen LogP contribution in [-0.2, 0) is 13.6 Å². The van der Waals surface area contributed by atoms with Crippen LogP contribution in [0.4, 0.5) is 0 Å². The van der Waals surface area contributed by atoms with E-state index in [0.29, 0.717) is 12.1 Å². The van der Waals surface area contributed by atoms with Crippen LogP contribution in [0.2, 0.25) is 0 Å². The number of benzene rings is 1. The quantitative estimate of drug-likeness (QED) is 0.808. The fourth-order valence-electron chi connectivity index (χ4n) is 2.34. The first-order chi connectivity index (χ1) is 10.1. The number of nitrogens with one attached hydrogen (secondary N) is 1. The minimum absolute atomic E-state index is 0.0997. The second kappa shape index (κ2) is 5.29. The highest BCUT2D eigenvalue weighted by Gasteiger charge is 2.17. The van der Waals surface area contributed by atoms with Gasteiger partial charge in [0.25, 0.3) is 5.91 Å². The van der Waals surface area contributed by atoms with Crippen molar-refractivity contribution >= 4 is 27.5 Å². The molecule has 2 aromatic heterocycles. The summed E-state index contributed by atoms with van der Waals surface area (Å²) >= 11 is 1.60. The Balaban J connectivity index is 1.76. The fraction of sp³-hybridized carbons (Fsp3) is 0.267. The highest BCUT2D eigenvalue weighted by atomic mass is 32.1. The van der Waals surface area contributed by atoms with Gasteiger partial charge in [0.1, 0.15) is 5.01 Å². The van der Waals surface area contributed by atoms with Gasteiger partial charge in [-0.05, 0) is 26.0 Å².